The largest absolute Gasteiger partial charge is 0.393 e. The number of aliphatic hydroxyl groups excluding tert-OH is 1. The van der Waals surface area contributed by atoms with Crippen molar-refractivity contribution in [3.63, 3.8) is 0 Å². The predicted octanol–water partition coefficient (Wildman–Crippen LogP) is 4.23. The molecule has 1 aromatic rings. The van der Waals surface area contributed by atoms with Crippen LogP contribution in [-0.4, -0.2) is 21.9 Å². The predicted molar refractivity (Wildman–Crippen MR) is 99.6 cm³/mol. The van der Waals surface area contributed by atoms with Crippen molar-refractivity contribution in [2.24, 2.45) is 5.92 Å². The summed E-state index contributed by atoms with van der Waals surface area (Å²) in [7, 11) is 0. The molecule has 3 N–H and O–H groups in total. The average molecular weight is 333 g/mol. The van der Waals surface area contributed by atoms with Gasteiger partial charge in [-0.25, -0.2) is 0 Å². The van der Waals surface area contributed by atoms with Gasteiger partial charge in [-0.1, -0.05) is 50.3 Å². The highest BCUT2D eigenvalue weighted by atomic mass is 32.1. The Morgan fingerprint density at radius 1 is 1.00 bits per heavy atom. The minimum absolute atomic E-state index is 0.0308. The molecule has 2 saturated carbocycles. The summed E-state index contributed by atoms with van der Waals surface area (Å²) in [6.07, 6.45) is 10.2. The van der Waals surface area contributed by atoms with Gasteiger partial charge in [0.05, 0.1) is 6.10 Å². The van der Waals surface area contributed by atoms with Crippen LogP contribution in [-0.2, 0) is 0 Å². The molecule has 0 radical (unpaired) electrons. The molecule has 3 nitrogen and oxygen atoms in total. The molecule has 0 aliphatic heterocycles. The number of hydrogen-bond donors (Lipinski definition) is 3. The lowest BCUT2D eigenvalue weighted by Gasteiger charge is -2.48. The minimum atomic E-state index is -0.186. The van der Waals surface area contributed by atoms with E-state index in [1.807, 2.05) is 30.3 Å². The zero-order valence-corrected chi connectivity index (χ0v) is 14.6. The van der Waals surface area contributed by atoms with Gasteiger partial charge < -0.3 is 15.7 Å². The summed E-state index contributed by atoms with van der Waals surface area (Å²) in [5.41, 5.74) is 0.983. The van der Waals surface area contributed by atoms with Crippen molar-refractivity contribution in [1.82, 2.24) is 5.32 Å². The minimum Gasteiger partial charge on any atom is -0.393 e. The van der Waals surface area contributed by atoms with Gasteiger partial charge in [0.25, 0.3) is 0 Å². The Labute approximate surface area is 144 Å². The maximum atomic E-state index is 10.6. The third-order valence-corrected chi connectivity index (χ3v) is 5.78. The molecule has 0 spiro atoms. The third kappa shape index (κ3) is 4.04. The van der Waals surface area contributed by atoms with E-state index in [0.717, 1.165) is 37.8 Å². The summed E-state index contributed by atoms with van der Waals surface area (Å²) >= 11 is 5.59. The molecule has 0 heterocycles. The van der Waals surface area contributed by atoms with Crippen LogP contribution in [0.3, 0.4) is 0 Å². The van der Waals surface area contributed by atoms with Gasteiger partial charge in [0, 0.05) is 17.1 Å². The lowest BCUT2D eigenvalue weighted by molar-refractivity contribution is 0.00314. The number of hydrogen-bond acceptors (Lipinski definition) is 2. The average Bonchev–Trinajstić information content (AvgIpc) is 2.57. The summed E-state index contributed by atoms with van der Waals surface area (Å²) in [5.74, 6) is 0.326. The van der Waals surface area contributed by atoms with Crippen LogP contribution >= 0.6 is 12.2 Å². The van der Waals surface area contributed by atoms with E-state index >= 15 is 0 Å². The number of aliphatic hydroxyl groups is 1. The van der Waals surface area contributed by atoms with Crippen molar-refractivity contribution in [2.45, 2.75) is 69.4 Å². The number of benzene rings is 1. The Morgan fingerprint density at radius 3 is 2.39 bits per heavy atom. The third-order valence-electron chi connectivity index (χ3n) is 5.58. The second-order valence-electron chi connectivity index (χ2n) is 7.12. The van der Waals surface area contributed by atoms with Crippen molar-refractivity contribution in [2.75, 3.05) is 5.32 Å². The molecular formula is C19H28N2OS. The maximum absolute atomic E-state index is 10.6. The van der Waals surface area contributed by atoms with Crippen molar-refractivity contribution in [1.29, 1.82) is 0 Å². The Hall–Kier alpha value is -1.13. The molecule has 126 valence electrons. The SMILES string of the molecule is O[C@@H]1CCCC[C@@H]1C1(NC(=S)Nc2ccccc2)CCCCC1. The monoisotopic (exact) mass is 332 g/mol. The van der Waals surface area contributed by atoms with Crippen LogP contribution in [0.5, 0.6) is 0 Å². The molecular weight excluding hydrogens is 304 g/mol. The van der Waals surface area contributed by atoms with Crippen LogP contribution in [0, 0.1) is 5.92 Å². The topological polar surface area (TPSA) is 44.3 Å². The quantitative estimate of drug-likeness (QED) is 0.725. The molecule has 0 amide bonds. The van der Waals surface area contributed by atoms with Gasteiger partial charge in [-0.15, -0.1) is 0 Å². The van der Waals surface area contributed by atoms with E-state index < -0.39 is 0 Å². The summed E-state index contributed by atoms with van der Waals surface area (Å²) < 4.78 is 0. The molecule has 0 unspecified atom stereocenters. The first-order valence-electron chi connectivity index (χ1n) is 9.02. The molecule has 4 heteroatoms. The highest BCUT2D eigenvalue weighted by molar-refractivity contribution is 7.80. The van der Waals surface area contributed by atoms with Gasteiger partial charge in [0.2, 0.25) is 0 Å². The molecule has 23 heavy (non-hydrogen) atoms. The van der Waals surface area contributed by atoms with E-state index in [1.54, 1.807) is 0 Å². The van der Waals surface area contributed by atoms with E-state index in [-0.39, 0.29) is 11.6 Å². The maximum Gasteiger partial charge on any atom is 0.171 e. The molecule has 3 rings (SSSR count). The Kier molecular flexibility index (Phi) is 5.54. The first kappa shape index (κ1) is 16.7. The molecule has 2 fully saturated rings. The first-order valence-corrected chi connectivity index (χ1v) is 9.43. The first-order chi connectivity index (χ1) is 11.2. The van der Waals surface area contributed by atoms with Crippen LogP contribution in [0.4, 0.5) is 5.69 Å². The van der Waals surface area contributed by atoms with E-state index in [9.17, 15) is 5.11 Å². The number of para-hydroxylation sites is 1. The Morgan fingerprint density at radius 2 is 1.70 bits per heavy atom. The zero-order chi connectivity index (χ0) is 16.1. The van der Waals surface area contributed by atoms with Gasteiger partial charge >= 0.3 is 0 Å². The van der Waals surface area contributed by atoms with E-state index in [4.69, 9.17) is 12.2 Å². The van der Waals surface area contributed by atoms with Crippen molar-refractivity contribution in [3.8, 4) is 0 Å². The fraction of sp³-hybridized carbons (Fsp3) is 0.632. The summed E-state index contributed by atoms with van der Waals surface area (Å²) in [6, 6.07) is 10.1. The van der Waals surface area contributed by atoms with E-state index in [1.165, 1.54) is 25.7 Å². The summed E-state index contributed by atoms with van der Waals surface area (Å²) in [5, 5.41) is 18.2. The normalized spacial score (nSPS) is 27.2. The number of rotatable bonds is 3. The van der Waals surface area contributed by atoms with Crippen LogP contribution < -0.4 is 10.6 Å². The number of anilines is 1. The fourth-order valence-electron chi connectivity index (χ4n) is 4.44. The lowest BCUT2D eigenvalue weighted by Crippen LogP contribution is -2.59. The summed E-state index contributed by atoms with van der Waals surface area (Å²) in [4.78, 5) is 0. The zero-order valence-electron chi connectivity index (χ0n) is 13.8. The van der Waals surface area contributed by atoms with Gasteiger partial charge in [0.1, 0.15) is 0 Å². The molecule has 1 aromatic carbocycles. The molecule has 2 atom stereocenters. The van der Waals surface area contributed by atoms with Crippen LogP contribution in [0.1, 0.15) is 57.8 Å². The van der Waals surface area contributed by atoms with Gasteiger partial charge in [-0.3, -0.25) is 0 Å². The second kappa shape index (κ2) is 7.63. The van der Waals surface area contributed by atoms with Crippen LogP contribution in [0.25, 0.3) is 0 Å². The summed E-state index contributed by atoms with van der Waals surface area (Å²) in [6.45, 7) is 0. The van der Waals surface area contributed by atoms with Crippen molar-refractivity contribution < 1.29 is 5.11 Å². The lowest BCUT2D eigenvalue weighted by atomic mass is 9.66. The molecule has 2 aliphatic rings. The van der Waals surface area contributed by atoms with E-state index in [0.29, 0.717) is 11.0 Å². The van der Waals surface area contributed by atoms with E-state index in [2.05, 4.69) is 10.6 Å². The molecule has 0 bridgehead atoms. The molecule has 2 aliphatic carbocycles. The molecule has 0 aromatic heterocycles. The van der Waals surface area contributed by atoms with Gasteiger partial charge in [-0.05, 0) is 50.0 Å². The fourth-order valence-corrected chi connectivity index (χ4v) is 4.76. The van der Waals surface area contributed by atoms with Crippen LogP contribution in [0.15, 0.2) is 30.3 Å². The Bertz CT molecular complexity index is 513. The molecule has 0 saturated heterocycles. The Balaban J connectivity index is 1.72. The smallest absolute Gasteiger partial charge is 0.171 e. The standard InChI is InChI=1S/C19H28N2OS/c22-17-12-6-5-11-16(17)19(13-7-2-8-14-19)21-18(23)20-15-9-3-1-4-10-15/h1,3-4,9-10,16-17,22H,2,5-8,11-14H2,(H2,20,21,23)/t16-,17+/m0/s1. The number of nitrogens with one attached hydrogen (secondary N) is 2. The second-order valence-corrected chi connectivity index (χ2v) is 7.53. The van der Waals surface area contributed by atoms with Crippen molar-refractivity contribution in [3.05, 3.63) is 30.3 Å². The highest BCUT2D eigenvalue weighted by Gasteiger charge is 2.44. The van der Waals surface area contributed by atoms with Crippen molar-refractivity contribution >= 4 is 23.0 Å². The van der Waals surface area contributed by atoms with Gasteiger partial charge in [-0.2, -0.15) is 0 Å². The van der Waals surface area contributed by atoms with Gasteiger partial charge in [0.15, 0.2) is 5.11 Å². The highest BCUT2D eigenvalue weighted by Crippen LogP contribution is 2.41. The number of thiocarbonyl (C=S) groups is 1. The van der Waals surface area contributed by atoms with Crippen LogP contribution in [0.2, 0.25) is 0 Å².